The zero-order chi connectivity index (χ0) is 28.4. The molecule has 0 unspecified atom stereocenters. The second-order valence-electron chi connectivity index (χ2n) is 16.1. The Morgan fingerprint density at radius 2 is 0.583 bits per heavy atom. The maximum absolute atomic E-state index is 11.4. The monoisotopic (exact) mass is 526 g/mol. The Kier molecular flexibility index (Phi) is 7.71. The van der Waals surface area contributed by atoms with Gasteiger partial charge in [0.05, 0.1) is 15.2 Å². The summed E-state index contributed by atoms with van der Waals surface area (Å²) in [6.07, 6.45) is 0. The van der Waals surface area contributed by atoms with Gasteiger partial charge in [0, 0.05) is 0 Å². The molecule has 0 aliphatic carbocycles. The highest BCUT2D eigenvalue weighted by Gasteiger charge is 2.46. The van der Waals surface area contributed by atoms with E-state index in [0.717, 1.165) is 22.3 Å². The molecule has 0 saturated heterocycles. The quantitative estimate of drug-likeness (QED) is 0.399. The molecule has 36 heavy (non-hydrogen) atoms. The van der Waals surface area contributed by atoms with E-state index in [2.05, 4.69) is 134 Å². The molecule has 0 heterocycles. The molecule has 0 amide bonds. The first-order chi connectivity index (χ1) is 15.7. The van der Waals surface area contributed by atoms with Crippen molar-refractivity contribution < 1.29 is 10.2 Å². The fraction of sp³-hybridized carbons (Fsp3) is 0.625. The highest BCUT2D eigenvalue weighted by atomic mass is 29.3. The summed E-state index contributed by atoms with van der Waals surface area (Å²) in [6, 6.07) is 9.28. The molecule has 0 atom stereocenters. The molecule has 2 N–H and O–H groups in total. The van der Waals surface area contributed by atoms with Gasteiger partial charge in [-0.25, -0.2) is 0 Å². The van der Waals surface area contributed by atoms with Crippen molar-refractivity contribution in [2.24, 2.45) is 0 Å². The minimum atomic E-state index is -2.03. The van der Waals surface area contributed by atoms with Crippen molar-refractivity contribution in [3.05, 3.63) is 46.5 Å². The molecule has 0 fully saturated rings. The van der Waals surface area contributed by atoms with Gasteiger partial charge in [0.15, 0.2) is 0 Å². The lowest BCUT2D eigenvalue weighted by Gasteiger charge is -2.42. The van der Waals surface area contributed by atoms with Crippen LogP contribution < -0.4 is 10.4 Å². The van der Waals surface area contributed by atoms with E-state index in [4.69, 9.17) is 0 Å². The van der Waals surface area contributed by atoms with Gasteiger partial charge >= 0.3 is 0 Å². The van der Waals surface area contributed by atoms with Crippen LogP contribution in [0.4, 0.5) is 0 Å². The van der Waals surface area contributed by atoms with E-state index in [9.17, 15) is 10.2 Å². The lowest BCUT2D eigenvalue weighted by Crippen LogP contribution is -2.69. The van der Waals surface area contributed by atoms with Crippen molar-refractivity contribution in [3.8, 4) is 11.5 Å². The van der Waals surface area contributed by atoms with E-state index in [1.54, 1.807) is 0 Å². The van der Waals surface area contributed by atoms with Gasteiger partial charge < -0.3 is 10.2 Å². The third-order valence-corrected chi connectivity index (χ3v) is 26.2. The number of phenolic OH excluding ortho intramolecular Hbond substituents is 2. The summed E-state index contributed by atoms with van der Waals surface area (Å²) in [5.74, 6) is 0.912. The van der Waals surface area contributed by atoms with Gasteiger partial charge in [0.1, 0.15) is 11.5 Å². The minimum Gasteiger partial charge on any atom is -0.507 e. The normalized spacial score (nSPS) is 14.3. The molecule has 0 aromatic heterocycles. The Morgan fingerprint density at radius 1 is 0.417 bits per heavy atom. The fourth-order valence-electron chi connectivity index (χ4n) is 5.00. The molecular weight excluding hydrogens is 473 g/mol. The van der Waals surface area contributed by atoms with Gasteiger partial charge in [0.2, 0.25) is 0 Å². The minimum absolute atomic E-state index is 0.145. The van der Waals surface area contributed by atoms with Crippen molar-refractivity contribution in [2.75, 3.05) is 0 Å². The molecule has 0 spiro atoms. The van der Waals surface area contributed by atoms with Crippen LogP contribution in [0.1, 0.15) is 105 Å². The molecule has 2 aromatic rings. The largest absolute Gasteiger partial charge is 0.507 e. The summed E-state index contributed by atoms with van der Waals surface area (Å²) in [6.45, 7) is 36.4. The van der Waals surface area contributed by atoms with Crippen LogP contribution in [0.5, 0.6) is 11.5 Å². The van der Waals surface area contributed by atoms with Crippen molar-refractivity contribution in [1.82, 2.24) is 0 Å². The second-order valence-corrected chi connectivity index (χ2v) is 31.2. The number of aromatic hydroxyl groups is 2. The van der Waals surface area contributed by atoms with Crippen molar-refractivity contribution >= 4 is 25.6 Å². The molecule has 4 heteroatoms. The third kappa shape index (κ3) is 5.65. The second kappa shape index (κ2) is 9.04. The molecular formula is C32H54O2Si2. The predicted octanol–water partition coefficient (Wildman–Crippen LogP) is 7.90. The first-order valence-corrected chi connectivity index (χ1v) is 20.5. The summed E-state index contributed by atoms with van der Waals surface area (Å²) in [5.41, 5.74) is 3.61. The number of hydrogen-bond donors (Lipinski definition) is 2. The maximum atomic E-state index is 11.4. The van der Waals surface area contributed by atoms with E-state index >= 15 is 0 Å². The van der Waals surface area contributed by atoms with Crippen LogP contribution in [-0.4, -0.2) is 25.4 Å². The maximum Gasteiger partial charge on any atom is 0.123 e. The lowest BCUT2D eigenvalue weighted by molar-refractivity contribution is 0.423. The van der Waals surface area contributed by atoms with Crippen molar-refractivity contribution in [3.63, 3.8) is 0 Å². The molecule has 202 valence electrons. The topological polar surface area (TPSA) is 40.5 Å². The van der Waals surface area contributed by atoms with Gasteiger partial charge in [-0.1, -0.05) is 144 Å². The van der Waals surface area contributed by atoms with Crippen molar-refractivity contribution in [2.45, 2.75) is 131 Å². The highest BCUT2D eigenvalue weighted by Crippen LogP contribution is 2.41. The Bertz CT molecular complexity index is 967. The van der Waals surface area contributed by atoms with Gasteiger partial charge in [-0.15, -0.1) is 0 Å². The molecule has 2 nitrogen and oxygen atoms in total. The van der Waals surface area contributed by atoms with Crippen LogP contribution in [0.25, 0.3) is 0 Å². The SMILES string of the molecule is CC(C)(C)c1cc([Si](C)(C)[Si](C)(C)c2cc(C(C)(C)C)c(O)c(C(C)(C)C)c2)cc(C(C)(C)C)c1O. The Labute approximate surface area is 224 Å². The van der Waals surface area contributed by atoms with Gasteiger partial charge in [0.25, 0.3) is 0 Å². The Balaban J connectivity index is 2.94. The van der Waals surface area contributed by atoms with E-state index in [1.165, 1.54) is 10.4 Å². The van der Waals surface area contributed by atoms with Gasteiger partial charge in [-0.05, 0) is 43.9 Å². The Morgan fingerprint density at radius 3 is 0.722 bits per heavy atom. The summed E-state index contributed by atoms with van der Waals surface area (Å²) < 4.78 is 0. The molecule has 0 saturated carbocycles. The van der Waals surface area contributed by atoms with Crippen LogP contribution in [0.3, 0.4) is 0 Å². The van der Waals surface area contributed by atoms with Crippen LogP contribution >= 0.6 is 0 Å². The summed E-state index contributed by atoms with van der Waals surface area (Å²) in [7, 11) is -4.05. The van der Waals surface area contributed by atoms with E-state index in [1.807, 2.05) is 0 Å². The molecule has 2 aromatic carbocycles. The molecule has 2 rings (SSSR count). The Hall–Kier alpha value is -1.53. The number of benzene rings is 2. The zero-order valence-electron chi connectivity index (χ0n) is 26.2. The average Bonchev–Trinajstić information content (AvgIpc) is 2.63. The number of rotatable bonds is 3. The molecule has 0 bridgehead atoms. The van der Waals surface area contributed by atoms with Gasteiger partial charge in [-0.3, -0.25) is 0 Å². The van der Waals surface area contributed by atoms with Crippen LogP contribution in [0.15, 0.2) is 24.3 Å². The van der Waals surface area contributed by atoms with Crippen molar-refractivity contribution in [1.29, 1.82) is 0 Å². The smallest absolute Gasteiger partial charge is 0.123 e. The van der Waals surface area contributed by atoms with Crippen LogP contribution in [-0.2, 0) is 21.7 Å². The van der Waals surface area contributed by atoms with Gasteiger partial charge in [-0.2, -0.15) is 0 Å². The summed E-state index contributed by atoms with van der Waals surface area (Å²) >= 11 is 0. The van der Waals surface area contributed by atoms with Crippen LogP contribution in [0.2, 0.25) is 26.2 Å². The number of hydrogen-bond acceptors (Lipinski definition) is 2. The van der Waals surface area contributed by atoms with Crippen LogP contribution in [0, 0.1) is 0 Å². The first kappa shape index (κ1) is 30.7. The average molecular weight is 527 g/mol. The number of phenols is 2. The van der Waals surface area contributed by atoms with E-state index < -0.39 is 15.2 Å². The standard InChI is InChI=1S/C32H54O2Si2/c1-29(2,3)23-17-21(18-24(27(23)33)30(4,5)6)35(13,14)36(15,16)22-19-25(31(7,8)9)28(34)26(20-22)32(10,11)12/h17-20,33-34H,1-16H3. The molecule has 0 aliphatic heterocycles. The fourth-order valence-corrected chi connectivity index (χ4v) is 13.7. The first-order valence-electron chi connectivity index (χ1n) is 13.5. The zero-order valence-corrected chi connectivity index (χ0v) is 28.2. The van der Waals surface area contributed by atoms with E-state index in [-0.39, 0.29) is 21.7 Å². The highest BCUT2D eigenvalue weighted by molar-refractivity contribution is 7.50. The molecule has 0 aliphatic rings. The van der Waals surface area contributed by atoms with E-state index in [0.29, 0.717) is 11.5 Å². The lowest BCUT2D eigenvalue weighted by atomic mass is 9.79. The third-order valence-electron chi connectivity index (χ3n) is 8.46. The summed E-state index contributed by atoms with van der Waals surface area (Å²) in [5, 5.41) is 25.6. The summed E-state index contributed by atoms with van der Waals surface area (Å²) in [4.78, 5) is 0. The predicted molar refractivity (Wildman–Crippen MR) is 165 cm³/mol. The molecule has 0 radical (unpaired) electrons.